The summed E-state index contributed by atoms with van der Waals surface area (Å²) < 4.78 is 5.22. The van der Waals surface area contributed by atoms with Crippen LogP contribution in [-0.2, 0) is 6.54 Å². The molecule has 1 heterocycles. The predicted molar refractivity (Wildman–Crippen MR) is 76.4 cm³/mol. The van der Waals surface area contributed by atoms with Crippen LogP contribution < -0.4 is 10.6 Å². The number of amides is 2. The molecular weight excluding hydrogens is 258 g/mol. The maximum absolute atomic E-state index is 11.6. The van der Waals surface area contributed by atoms with Gasteiger partial charge in [0.25, 0.3) is 0 Å². The van der Waals surface area contributed by atoms with E-state index in [4.69, 9.17) is 9.63 Å². The second-order valence-electron chi connectivity index (χ2n) is 4.97. The summed E-state index contributed by atoms with van der Waals surface area (Å²) in [7, 11) is 0. The minimum Gasteiger partial charge on any atom is -0.396 e. The standard InChI is InChI=1S/C14H25N3O3/c1-4-11(5-2)13-8-12(20-17-13)9-15-14(19)16-10(3)6-7-18/h8,10-11,18H,4-7,9H2,1-3H3,(H2,15,16,19)/t10-/m1/s1. The number of aromatic nitrogens is 1. The van der Waals surface area contributed by atoms with Crippen molar-refractivity contribution in [3.63, 3.8) is 0 Å². The van der Waals surface area contributed by atoms with Gasteiger partial charge in [0.1, 0.15) is 0 Å². The molecule has 0 saturated carbocycles. The lowest BCUT2D eigenvalue weighted by atomic mass is 9.99. The van der Waals surface area contributed by atoms with Crippen molar-refractivity contribution in [2.24, 2.45) is 0 Å². The van der Waals surface area contributed by atoms with Crippen LogP contribution in [0.5, 0.6) is 0 Å². The van der Waals surface area contributed by atoms with E-state index in [1.54, 1.807) is 0 Å². The van der Waals surface area contributed by atoms with Crippen molar-refractivity contribution in [1.29, 1.82) is 0 Å². The van der Waals surface area contributed by atoms with Gasteiger partial charge in [-0.05, 0) is 26.2 Å². The first kappa shape index (κ1) is 16.5. The number of rotatable bonds is 8. The van der Waals surface area contributed by atoms with Crippen molar-refractivity contribution in [3.05, 3.63) is 17.5 Å². The second-order valence-corrected chi connectivity index (χ2v) is 4.97. The van der Waals surface area contributed by atoms with Crippen LogP contribution in [0.3, 0.4) is 0 Å². The fourth-order valence-electron chi connectivity index (χ4n) is 2.02. The molecule has 0 unspecified atom stereocenters. The lowest BCUT2D eigenvalue weighted by molar-refractivity contribution is 0.229. The molecule has 0 spiro atoms. The molecule has 6 heteroatoms. The molecule has 0 aromatic carbocycles. The van der Waals surface area contributed by atoms with E-state index in [1.807, 2.05) is 13.0 Å². The van der Waals surface area contributed by atoms with Gasteiger partial charge in [-0.3, -0.25) is 0 Å². The first-order valence-corrected chi connectivity index (χ1v) is 7.21. The number of nitrogens with zero attached hydrogens (tertiary/aromatic N) is 1. The maximum Gasteiger partial charge on any atom is 0.315 e. The van der Waals surface area contributed by atoms with Gasteiger partial charge >= 0.3 is 6.03 Å². The number of hydrogen-bond acceptors (Lipinski definition) is 4. The van der Waals surface area contributed by atoms with Gasteiger partial charge in [0, 0.05) is 24.6 Å². The lowest BCUT2D eigenvalue weighted by Crippen LogP contribution is -2.40. The second kappa shape index (κ2) is 8.58. The predicted octanol–water partition coefficient (Wildman–Crippen LogP) is 2.15. The van der Waals surface area contributed by atoms with Gasteiger partial charge in [0.2, 0.25) is 0 Å². The zero-order valence-electron chi connectivity index (χ0n) is 12.5. The van der Waals surface area contributed by atoms with E-state index < -0.39 is 0 Å². The Hall–Kier alpha value is -1.56. The van der Waals surface area contributed by atoms with Crippen molar-refractivity contribution in [2.45, 2.75) is 58.5 Å². The average Bonchev–Trinajstić information content (AvgIpc) is 2.87. The number of urea groups is 1. The Morgan fingerprint density at radius 3 is 2.75 bits per heavy atom. The summed E-state index contributed by atoms with van der Waals surface area (Å²) in [5, 5.41) is 18.3. The van der Waals surface area contributed by atoms with Gasteiger partial charge in [-0.1, -0.05) is 19.0 Å². The van der Waals surface area contributed by atoms with Crippen molar-refractivity contribution >= 4 is 6.03 Å². The summed E-state index contributed by atoms with van der Waals surface area (Å²) in [5.41, 5.74) is 0.945. The molecule has 0 saturated heterocycles. The van der Waals surface area contributed by atoms with E-state index in [1.165, 1.54) is 0 Å². The van der Waals surface area contributed by atoms with Crippen LogP contribution in [0.2, 0.25) is 0 Å². The molecule has 1 aromatic rings. The number of aliphatic hydroxyl groups is 1. The molecule has 3 N–H and O–H groups in total. The third-order valence-electron chi connectivity index (χ3n) is 3.34. The third kappa shape index (κ3) is 5.21. The monoisotopic (exact) mass is 283 g/mol. The van der Waals surface area contributed by atoms with Gasteiger partial charge in [0.15, 0.2) is 5.76 Å². The Morgan fingerprint density at radius 2 is 2.15 bits per heavy atom. The highest BCUT2D eigenvalue weighted by Crippen LogP contribution is 2.22. The number of carbonyl (C=O) groups excluding carboxylic acids is 1. The molecular formula is C14H25N3O3. The third-order valence-corrected chi connectivity index (χ3v) is 3.34. The molecule has 0 aliphatic carbocycles. The van der Waals surface area contributed by atoms with E-state index in [-0.39, 0.29) is 18.7 Å². The van der Waals surface area contributed by atoms with Crippen LogP contribution in [0.25, 0.3) is 0 Å². The highest BCUT2D eigenvalue weighted by Gasteiger charge is 2.13. The first-order valence-electron chi connectivity index (χ1n) is 7.21. The molecule has 6 nitrogen and oxygen atoms in total. The van der Waals surface area contributed by atoms with Crippen LogP contribution in [0.15, 0.2) is 10.6 Å². The van der Waals surface area contributed by atoms with Crippen molar-refractivity contribution in [1.82, 2.24) is 15.8 Å². The molecule has 0 radical (unpaired) electrons. The maximum atomic E-state index is 11.6. The number of aliphatic hydroxyl groups excluding tert-OH is 1. The van der Waals surface area contributed by atoms with Gasteiger partial charge in [-0.2, -0.15) is 0 Å². The smallest absolute Gasteiger partial charge is 0.315 e. The zero-order chi connectivity index (χ0) is 15.0. The summed E-state index contributed by atoms with van der Waals surface area (Å²) >= 11 is 0. The van der Waals surface area contributed by atoms with Gasteiger partial charge in [0.05, 0.1) is 12.2 Å². The Morgan fingerprint density at radius 1 is 1.45 bits per heavy atom. The van der Waals surface area contributed by atoms with Gasteiger partial charge in [-0.25, -0.2) is 4.79 Å². The molecule has 0 fully saturated rings. The minimum absolute atomic E-state index is 0.0579. The van der Waals surface area contributed by atoms with Crippen LogP contribution in [-0.4, -0.2) is 28.9 Å². The molecule has 1 aromatic heterocycles. The molecule has 1 atom stereocenters. The van der Waals surface area contributed by atoms with E-state index >= 15 is 0 Å². The summed E-state index contributed by atoms with van der Waals surface area (Å²) in [5.74, 6) is 1.06. The van der Waals surface area contributed by atoms with E-state index in [0.29, 0.717) is 24.6 Å². The summed E-state index contributed by atoms with van der Waals surface area (Å²) in [6.07, 6.45) is 2.58. The van der Waals surface area contributed by atoms with Crippen LogP contribution in [0.4, 0.5) is 4.79 Å². The van der Waals surface area contributed by atoms with Crippen molar-refractivity contribution in [2.75, 3.05) is 6.61 Å². The molecule has 2 amide bonds. The fraction of sp³-hybridized carbons (Fsp3) is 0.714. The number of carbonyl (C=O) groups is 1. The lowest BCUT2D eigenvalue weighted by Gasteiger charge is -2.12. The largest absolute Gasteiger partial charge is 0.396 e. The van der Waals surface area contributed by atoms with Crippen molar-refractivity contribution < 1.29 is 14.4 Å². The van der Waals surface area contributed by atoms with Crippen LogP contribution in [0, 0.1) is 0 Å². The fourth-order valence-corrected chi connectivity index (χ4v) is 2.02. The van der Waals surface area contributed by atoms with E-state index in [2.05, 4.69) is 29.6 Å². The molecule has 0 aliphatic heterocycles. The highest BCUT2D eigenvalue weighted by molar-refractivity contribution is 5.74. The molecule has 0 aliphatic rings. The summed E-state index contributed by atoms with van der Waals surface area (Å²) in [6.45, 7) is 6.45. The minimum atomic E-state index is -0.272. The van der Waals surface area contributed by atoms with Gasteiger partial charge in [-0.15, -0.1) is 0 Å². The quantitative estimate of drug-likeness (QED) is 0.682. The zero-order valence-corrected chi connectivity index (χ0v) is 12.5. The van der Waals surface area contributed by atoms with E-state index in [9.17, 15) is 4.79 Å². The van der Waals surface area contributed by atoms with Gasteiger partial charge < -0.3 is 20.3 Å². The normalized spacial score (nSPS) is 12.4. The van der Waals surface area contributed by atoms with Crippen LogP contribution >= 0.6 is 0 Å². The SMILES string of the molecule is CCC(CC)c1cc(CNC(=O)N[C@H](C)CCO)on1. The summed E-state index contributed by atoms with van der Waals surface area (Å²) in [4.78, 5) is 11.6. The topological polar surface area (TPSA) is 87.4 Å². The Kier molecular flexibility index (Phi) is 7.08. The number of hydrogen-bond donors (Lipinski definition) is 3. The van der Waals surface area contributed by atoms with Crippen LogP contribution in [0.1, 0.15) is 57.4 Å². The molecule has 1 rings (SSSR count). The number of nitrogens with one attached hydrogen (secondary N) is 2. The highest BCUT2D eigenvalue weighted by atomic mass is 16.5. The average molecular weight is 283 g/mol. The first-order chi connectivity index (χ1) is 9.60. The Balaban J connectivity index is 2.40. The van der Waals surface area contributed by atoms with E-state index in [0.717, 1.165) is 18.5 Å². The molecule has 114 valence electrons. The summed E-state index contributed by atoms with van der Waals surface area (Å²) in [6, 6.07) is 1.57. The Labute approximate surface area is 119 Å². The van der Waals surface area contributed by atoms with Crippen molar-refractivity contribution in [3.8, 4) is 0 Å². The Bertz CT molecular complexity index is 402. The molecule has 0 bridgehead atoms. The molecule has 20 heavy (non-hydrogen) atoms.